The fraction of sp³-hybridized carbons (Fsp3) is 0.400. The Balaban J connectivity index is 2.44. The molecule has 90 valence electrons. The van der Waals surface area contributed by atoms with E-state index in [0.717, 1.165) is 39.5 Å². The van der Waals surface area contributed by atoms with Crippen LogP contribution < -0.4 is 0 Å². The summed E-state index contributed by atoms with van der Waals surface area (Å²) >= 11 is 2.24. The summed E-state index contributed by atoms with van der Waals surface area (Å²) in [5.74, 6) is 0.244. The average molecular weight is 340 g/mol. The van der Waals surface area contributed by atoms with Gasteiger partial charge in [-0.3, -0.25) is 4.79 Å². The molecule has 2 heteroatoms. The molecule has 1 saturated carbocycles. The van der Waals surface area contributed by atoms with E-state index in [9.17, 15) is 4.79 Å². The largest absolute Gasteiger partial charge is 0.293 e. The van der Waals surface area contributed by atoms with Gasteiger partial charge in [0.1, 0.15) is 0 Å². The van der Waals surface area contributed by atoms with Crippen molar-refractivity contribution in [1.82, 2.24) is 0 Å². The maximum Gasteiger partial charge on any atom is 0.173 e. The lowest BCUT2D eigenvalue weighted by molar-refractivity contribution is 0.0863. The molecular formula is C15H17IO. The zero-order valence-corrected chi connectivity index (χ0v) is 12.5. The molecule has 0 unspecified atom stereocenters. The van der Waals surface area contributed by atoms with Crippen LogP contribution in [0.4, 0.5) is 0 Å². The highest BCUT2D eigenvalue weighted by molar-refractivity contribution is 14.1. The maximum absolute atomic E-state index is 12.7. The van der Waals surface area contributed by atoms with Gasteiger partial charge in [-0.05, 0) is 67.8 Å². The van der Waals surface area contributed by atoms with E-state index >= 15 is 0 Å². The van der Waals surface area contributed by atoms with Crippen LogP contribution in [-0.4, -0.2) is 5.78 Å². The molecule has 0 amide bonds. The second-order valence-electron chi connectivity index (χ2n) is 5.10. The first-order valence-electron chi connectivity index (χ1n) is 5.94. The molecule has 1 atom stereocenters. The first-order valence-corrected chi connectivity index (χ1v) is 7.02. The minimum atomic E-state index is -0.340. The van der Waals surface area contributed by atoms with Gasteiger partial charge in [0, 0.05) is 9.13 Å². The van der Waals surface area contributed by atoms with Crippen molar-refractivity contribution in [3.63, 3.8) is 0 Å². The lowest BCUT2D eigenvalue weighted by Gasteiger charge is -2.24. The van der Waals surface area contributed by atoms with Crippen LogP contribution in [0.5, 0.6) is 0 Å². The minimum Gasteiger partial charge on any atom is -0.293 e. The molecule has 0 N–H and O–H groups in total. The minimum absolute atomic E-state index is 0.244. The average Bonchev–Trinajstić information content (AvgIpc) is 2.63. The van der Waals surface area contributed by atoms with Gasteiger partial charge in [0.15, 0.2) is 5.78 Å². The number of carbonyl (C=O) groups excluding carboxylic acids is 1. The summed E-state index contributed by atoms with van der Waals surface area (Å²) in [5.41, 5.74) is 2.75. The van der Waals surface area contributed by atoms with Crippen molar-refractivity contribution in [1.29, 1.82) is 0 Å². The highest BCUT2D eigenvalue weighted by atomic mass is 127. The molecule has 1 fully saturated rings. The zero-order valence-electron chi connectivity index (χ0n) is 10.3. The molecule has 1 aromatic rings. The van der Waals surface area contributed by atoms with Gasteiger partial charge >= 0.3 is 0 Å². The Morgan fingerprint density at radius 3 is 2.76 bits per heavy atom. The molecule has 2 rings (SSSR count). The second-order valence-corrected chi connectivity index (χ2v) is 6.26. The highest BCUT2D eigenvalue weighted by Gasteiger charge is 2.40. The summed E-state index contributed by atoms with van der Waals surface area (Å²) < 4.78 is 1.04. The Kier molecular flexibility index (Phi) is 3.43. The Morgan fingerprint density at radius 1 is 1.47 bits per heavy atom. The number of halogens is 1. The molecule has 0 radical (unpaired) electrons. The van der Waals surface area contributed by atoms with Crippen molar-refractivity contribution < 1.29 is 4.79 Å². The predicted octanol–water partition coefficient (Wildman–Crippen LogP) is 4.53. The lowest BCUT2D eigenvalue weighted by atomic mass is 9.78. The summed E-state index contributed by atoms with van der Waals surface area (Å²) in [7, 11) is 0. The van der Waals surface area contributed by atoms with Crippen LogP contribution in [0.25, 0.3) is 0 Å². The maximum atomic E-state index is 12.7. The molecule has 0 aromatic heterocycles. The van der Waals surface area contributed by atoms with Crippen LogP contribution in [0.2, 0.25) is 0 Å². The van der Waals surface area contributed by atoms with Gasteiger partial charge in [-0.2, -0.15) is 0 Å². The fourth-order valence-corrected chi connectivity index (χ4v) is 3.07. The molecule has 17 heavy (non-hydrogen) atoms. The third-order valence-corrected chi connectivity index (χ3v) is 4.74. The Hall–Kier alpha value is -0.640. The number of carbonyl (C=O) groups is 1. The number of hydrogen-bond acceptors (Lipinski definition) is 1. The van der Waals surface area contributed by atoms with Gasteiger partial charge in [-0.15, -0.1) is 0 Å². The van der Waals surface area contributed by atoms with Crippen LogP contribution in [0, 0.1) is 15.9 Å². The number of allylic oxidation sites excluding steroid dienone is 1. The van der Waals surface area contributed by atoms with Crippen molar-refractivity contribution in [2.75, 3.05) is 0 Å². The van der Waals surface area contributed by atoms with E-state index in [1.807, 2.05) is 32.0 Å². The Bertz CT molecular complexity index is 490. The standard InChI is InChI=1S/C15H17IO/c1-10-6-7-13(16)12(9-10)14(17)15(3)8-4-5-11(15)2/h6-7,9H,2,4-5,8H2,1,3H3/t15-/m1/s1. The van der Waals surface area contributed by atoms with E-state index < -0.39 is 0 Å². The third kappa shape index (κ3) is 2.19. The molecular weight excluding hydrogens is 323 g/mol. The molecule has 0 bridgehead atoms. The van der Waals surface area contributed by atoms with E-state index in [1.165, 1.54) is 0 Å². The van der Waals surface area contributed by atoms with Gasteiger partial charge in [-0.25, -0.2) is 0 Å². The van der Waals surface area contributed by atoms with Crippen LogP contribution in [0.15, 0.2) is 30.4 Å². The fourth-order valence-electron chi connectivity index (χ4n) is 2.49. The van der Waals surface area contributed by atoms with Crippen molar-refractivity contribution >= 4 is 28.4 Å². The zero-order chi connectivity index (χ0) is 12.6. The highest BCUT2D eigenvalue weighted by Crippen LogP contribution is 2.44. The van der Waals surface area contributed by atoms with Crippen LogP contribution in [0.3, 0.4) is 0 Å². The molecule has 1 aliphatic rings. The Morgan fingerprint density at radius 2 is 2.18 bits per heavy atom. The number of rotatable bonds is 2. The van der Waals surface area contributed by atoms with Crippen LogP contribution >= 0.6 is 22.6 Å². The number of benzene rings is 1. The third-order valence-electron chi connectivity index (χ3n) is 3.80. The number of Topliss-reactive ketones (excluding diaryl/α,β-unsaturated/α-hetero) is 1. The lowest BCUT2D eigenvalue weighted by Crippen LogP contribution is -2.26. The Labute approximate surface area is 116 Å². The molecule has 0 saturated heterocycles. The first-order chi connectivity index (χ1) is 7.95. The topological polar surface area (TPSA) is 17.1 Å². The van der Waals surface area contributed by atoms with Crippen LogP contribution in [-0.2, 0) is 0 Å². The molecule has 0 spiro atoms. The van der Waals surface area contributed by atoms with Gasteiger partial charge in [0.05, 0.1) is 5.41 Å². The number of aryl methyl sites for hydroxylation is 1. The van der Waals surface area contributed by atoms with E-state index in [4.69, 9.17) is 0 Å². The summed E-state index contributed by atoms with van der Waals surface area (Å²) in [6.07, 6.45) is 3.02. The van der Waals surface area contributed by atoms with Gasteiger partial charge in [0.2, 0.25) is 0 Å². The molecule has 0 heterocycles. The monoisotopic (exact) mass is 340 g/mol. The summed E-state index contributed by atoms with van der Waals surface area (Å²) in [6.45, 7) is 8.15. The van der Waals surface area contributed by atoms with Crippen molar-refractivity contribution in [2.45, 2.75) is 33.1 Å². The first kappa shape index (κ1) is 12.8. The van der Waals surface area contributed by atoms with Crippen molar-refractivity contribution in [3.05, 3.63) is 45.0 Å². The summed E-state index contributed by atoms with van der Waals surface area (Å²) in [5, 5.41) is 0. The summed E-state index contributed by atoms with van der Waals surface area (Å²) in [4.78, 5) is 12.7. The molecule has 0 aliphatic heterocycles. The van der Waals surface area contributed by atoms with Crippen molar-refractivity contribution in [2.24, 2.45) is 5.41 Å². The second kappa shape index (κ2) is 4.56. The SMILES string of the molecule is C=C1CCC[C@@]1(C)C(=O)c1cc(C)ccc1I. The summed E-state index contributed by atoms with van der Waals surface area (Å²) in [6, 6.07) is 6.06. The van der Waals surface area contributed by atoms with E-state index in [1.54, 1.807) is 0 Å². The molecule has 1 aliphatic carbocycles. The number of hydrogen-bond donors (Lipinski definition) is 0. The molecule has 1 aromatic carbocycles. The predicted molar refractivity (Wildman–Crippen MR) is 79.3 cm³/mol. The number of ketones is 1. The van der Waals surface area contributed by atoms with Gasteiger partial charge in [-0.1, -0.05) is 23.8 Å². The van der Waals surface area contributed by atoms with E-state index in [-0.39, 0.29) is 11.2 Å². The van der Waals surface area contributed by atoms with E-state index in [0.29, 0.717) is 0 Å². The van der Waals surface area contributed by atoms with E-state index in [2.05, 4.69) is 29.2 Å². The van der Waals surface area contributed by atoms with Crippen LogP contribution in [0.1, 0.15) is 42.1 Å². The van der Waals surface area contributed by atoms with Gasteiger partial charge in [0.25, 0.3) is 0 Å². The molecule has 1 nitrogen and oxygen atoms in total. The van der Waals surface area contributed by atoms with Crippen molar-refractivity contribution in [3.8, 4) is 0 Å². The smallest absolute Gasteiger partial charge is 0.173 e. The normalized spacial score (nSPS) is 24.1. The quantitative estimate of drug-likeness (QED) is 0.439. The van der Waals surface area contributed by atoms with Gasteiger partial charge < -0.3 is 0 Å².